The number of benzene rings is 1. The van der Waals surface area contributed by atoms with Crippen molar-refractivity contribution in [3.05, 3.63) is 89.7 Å². The molecule has 0 amide bonds. The number of aromatic nitrogens is 3. The van der Waals surface area contributed by atoms with E-state index in [1.54, 1.807) is 30.5 Å². The molecule has 0 aliphatic heterocycles. The maximum Gasteiger partial charge on any atom is 0.176 e. The van der Waals surface area contributed by atoms with Crippen LogP contribution in [0.15, 0.2) is 66.9 Å². The van der Waals surface area contributed by atoms with Crippen molar-refractivity contribution < 1.29 is 9.18 Å². The third-order valence-corrected chi connectivity index (χ3v) is 8.23. The zero-order valence-electron chi connectivity index (χ0n) is 20.7. The van der Waals surface area contributed by atoms with Crippen molar-refractivity contribution >= 4 is 5.78 Å². The highest BCUT2D eigenvalue weighted by Gasteiger charge is 2.50. The smallest absolute Gasteiger partial charge is 0.176 e. The summed E-state index contributed by atoms with van der Waals surface area (Å²) in [5, 5.41) is 9.84. The van der Waals surface area contributed by atoms with Crippen molar-refractivity contribution in [3.8, 4) is 28.7 Å². The summed E-state index contributed by atoms with van der Waals surface area (Å²) in [6, 6.07) is 12.7. The van der Waals surface area contributed by atoms with Crippen LogP contribution in [0.25, 0.3) is 22.6 Å². The first kappa shape index (κ1) is 23.4. The molecule has 0 spiro atoms. The van der Waals surface area contributed by atoms with Gasteiger partial charge in [0.25, 0.3) is 0 Å². The lowest BCUT2D eigenvalue weighted by Gasteiger charge is -2.46. The number of hydrogen-bond donors (Lipinski definition) is 0. The molecular weight excluding hydrogens is 463 g/mol. The predicted octanol–water partition coefficient (Wildman–Crippen LogP) is 6.27. The van der Waals surface area contributed by atoms with Crippen LogP contribution in [0, 0.1) is 29.0 Å². The van der Waals surface area contributed by atoms with Crippen LogP contribution in [0.2, 0.25) is 0 Å². The van der Waals surface area contributed by atoms with Crippen LogP contribution in [-0.4, -0.2) is 20.7 Å². The van der Waals surface area contributed by atoms with E-state index in [0.717, 1.165) is 35.4 Å². The molecule has 0 N–H and O–H groups in total. The Morgan fingerprint density at radius 2 is 2.03 bits per heavy atom. The molecule has 0 saturated heterocycles. The van der Waals surface area contributed by atoms with Gasteiger partial charge in [0.1, 0.15) is 11.9 Å². The van der Waals surface area contributed by atoms with E-state index in [-0.39, 0.29) is 29.0 Å². The number of pyridine rings is 1. The Morgan fingerprint density at radius 1 is 1.22 bits per heavy atom. The van der Waals surface area contributed by atoms with Crippen LogP contribution in [-0.2, 0) is 16.6 Å². The number of carbonyl (C=O) groups is 1. The lowest BCUT2D eigenvalue weighted by molar-refractivity contribution is -0.122. The van der Waals surface area contributed by atoms with E-state index in [1.807, 2.05) is 18.2 Å². The Labute approximate surface area is 215 Å². The van der Waals surface area contributed by atoms with Crippen molar-refractivity contribution in [2.24, 2.45) is 11.8 Å². The van der Waals surface area contributed by atoms with E-state index in [4.69, 9.17) is 9.97 Å². The maximum atomic E-state index is 15.1. The molecule has 5 nitrogen and oxygen atoms in total. The van der Waals surface area contributed by atoms with Crippen molar-refractivity contribution in [2.45, 2.75) is 50.4 Å². The first-order valence-electron chi connectivity index (χ1n) is 12.8. The number of halogens is 1. The van der Waals surface area contributed by atoms with Crippen LogP contribution in [0.4, 0.5) is 4.39 Å². The van der Waals surface area contributed by atoms with E-state index in [2.05, 4.69) is 24.6 Å². The third kappa shape index (κ3) is 3.81. The van der Waals surface area contributed by atoms with Gasteiger partial charge >= 0.3 is 0 Å². The number of nitriles is 1. The Bertz CT molecular complexity index is 1520. The molecule has 3 aliphatic carbocycles. The highest BCUT2D eigenvalue weighted by atomic mass is 19.1. The quantitative estimate of drug-likeness (QED) is 0.394. The fraction of sp³-hybridized carbons (Fsp3) is 0.323. The predicted molar refractivity (Wildman–Crippen MR) is 139 cm³/mol. The monoisotopic (exact) mass is 490 g/mol. The number of fused-ring (bicyclic) bond motifs is 3. The van der Waals surface area contributed by atoms with Crippen molar-refractivity contribution in [1.82, 2.24) is 15.0 Å². The molecular formula is C31H27FN4O. The molecule has 3 atom stereocenters. The van der Waals surface area contributed by atoms with Crippen LogP contribution in [0.1, 0.15) is 55.5 Å². The minimum absolute atomic E-state index is 0.0433. The molecule has 37 heavy (non-hydrogen) atoms. The molecule has 0 radical (unpaired) electrons. The SMILES string of the molecule is C=CC[C@H]1C(=O)C(C#N)=C[C@@]2(C)c3nc(-c4ccnc(C5CC5)c4)nc(-c4ccccc4F)c3CC[C@H]12. The van der Waals surface area contributed by atoms with E-state index in [9.17, 15) is 10.1 Å². The molecule has 6 heteroatoms. The van der Waals surface area contributed by atoms with Crippen LogP contribution < -0.4 is 0 Å². The van der Waals surface area contributed by atoms with Gasteiger partial charge in [0, 0.05) is 45.8 Å². The maximum absolute atomic E-state index is 15.1. The molecule has 6 rings (SSSR count). The molecule has 2 heterocycles. The minimum atomic E-state index is -0.676. The normalized spacial score (nSPS) is 24.5. The summed E-state index contributed by atoms with van der Waals surface area (Å²) in [7, 11) is 0. The van der Waals surface area contributed by atoms with E-state index in [0.29, 0.717) is 42.3 Å². The third-order valence-electron chi connectivity index (χ3n) is 8.23. The summed E-state index contributed by atoms with van der Waals surface area (Å²) >= 11 is 0. The van der Waals surface area contributed by atoms with Crippen molar-refractivity contribution in [3.63, 3.8) is 0 Å². The van der Waals surface area contributed by atoms with Crippen LogP contribution in [0.5, 0.6) is 0 Å². The van der Waals surface area contributed by atoms with Gasteiger partial charge in [0.05, 0.1) is 17.0 Å². The van der Waals surface area contributed by atoms with Gasteiger partial charge in [-0.3, -0.25) is 9.78 Å². The molecule has 0 bridgehead atoms. The van der Waals surface area contributed by atoms with Gasteiger partial charge < -0.3 is 0 Å². The fourth-order valence-electron chi connectivity index (χ4n) is 6.22. The summed E-state index contributed by atoms with van der Waals surface area (Å²) in [6.45, 7) is 5.92. The number of rotatable bonds is 5. The molecule has 1 saturated carbocycles. The van der Waals surface area contributed by atoms with Gasteiger partial charge in [0.2, 0.25) is 0 Å². The summed E-state index contributed by atoms with van der Waals surface area (Å²) in [6.07, 6.45) is 9.43. The van der Waals surface area contributed by atoms with E-state index < -0.39 is 5.41 Å². The number of carbonyl (C=O) groups excluding carboxylic acids is 1. The highest BCUT2D eigenvalue weighted by Crippen LogP contribution is 2.52. The summed E-state index contributed by atoms with van der Waals surface area (Å²) in [5.41, 5.74) is 4.00. The van der Waals surface area contributed by atoms with Gasteiger partial charge in [-0.2, -0.15) is 5.26 Å². The Kier molecular flexibility index (Phi) is 5.60. The molecule has 1 aromatic carbocycles. The number of allylic oxidation sites excluding steroid dienone is 3. The molecule has 3 aromatic rings. The average molecular weight is 491 g/mol. The van der Waals surface area contributed by atoms with Gasteiger partial charge in [-0.15, -0.1) is 6.58 Å². The van der Waals surface area contributed by atoms with Crippen LogP contribution in [0.3, 0.4) is 0 Å². The second-order valence-electron chi connectivity index (χ2n) is 10.5. The Morgan fingerprint density at radius 3 is 2.76 bits per heavy atom. The van der Waals surface area contributed by atoms with Crippen molar-refractivity contribution in [2.75, 3.05) is 0 Å². The van der Waals surface area contributed by atoms with Gasteiger partial charge in [-0.1, -0.05) is 31.2 Å². The molecule has 0 unspecified atom stereocenters. The van der Waals surface area contributed by atoms with Gasteiger partial charge in [-0.05, 0) is 62.3 Å². The minimum Gasteiger partial charge on any atom is -0.293 e. The number of ketones is 1. The standard InChI is InChI=1S/C31H27FN4O/c1-3-6-21-24-12-11-23-27(22-7-4-5-8-25(22)32)35-30(19-13-14-34-26(15-19)18-9-10-18)36-29(23)31(24,2)16-20(17-33)28(21)37/h3-5,7-8,13-16,18,21,24H,1,6,9-12H2,2H3/t21-,24-,31-/m1/s1. The van der Waals surface area contributed by atoms with Crippen LogP contribution >= 0.6 is 0 Å². The molecule has 2 aromatic heterocycles. The second kappa shape index (κ2) is 8.85. The molecule has 1 fully saturated rings. The zero-order valence-corrected chi connectivity index (χ0v) is 20.7. The highest BCUT2D eigenvalue weighted by molar-refractivity contribution is 6.02. The first-order chi connectivity index (χ1) is 17.9. The van der Waals surface area contributed by atoms with Gasteiger partial charge in [-0.25, -0.2) is 14.4 Å². The lowest BCUT2D eigenvalue weighted by Crippen LogP contribution is -2.47. The summed E-state index contributed by atoms with van der Waals surface area (Å²) in [5.74, 6) is 0.126. The Balaban J connectivity index is 1.62. The van der Waals surface area contributed by atoms with E-state index in [1.165, 1.54) is 6.07 Å². The van der Waals surface area contributed by atoms with Gasteiger partial charge in [0.15, 0.2) is 11.6 Å². The number of nitrogens with zero attached hydrogens (tertiary/aromatic N) is 4. The fourth-order valence-corrected chi connectivity index (χ4v) is 6.22. The topological polar surface area (TPSA) is 79.5 Å². The summed E-state index contributed by atoms with van der Waals surface area (Å²) < 4.78 is 15.1. The average Bonchev–Trinajstić information content (AvgIpc) is 3.76. The lowest BCUT2D eigenvalue weighted by atomic mass is 9.56. The second-order valence-corrected chi connectivity index (χ2v) is 10.5. The van der Waals surface area contributed by atoms with Crippen molar-refractivity contribution in [1.29, 1.82) is 5.26 Å². The zero-order chi connectivity index (χ0) is 25.7. The molecule has 3 aliphatic rings. The first-order valence-corrected chi connectivity index (χ1v) is 12.8. The number of Topliss-reactive ketones (excluding diaryl/α,β-unsaturated/α-hetero) is 1. The largest absolute Gasteiger partial charge is 0.293 e. The Hall–Kier alpha value is -3.98. The van der Waals surface area contributed by atoms with E-state index >= 15 is 4.39 Å². The molecule has 184 valence electrons. The summed E-state index contributed by atoms with van der Waals surface area (Å²) in [4.78, 5) is 27.7. The number of hydrogen-bond acceptors (Lipinski definition) is 5.